The maximum Gasteiger partial charge on any atom is 0.223 e. The van der Waals surface area contributed by atoms with E-state index >= 15 is 0 Å². The van der Waals surface area contributed by atoms with Crippen LogP contribution < -0.4 is 10.6 Å². The van der Waals surface area contributed by atoms with Crippen molar-refractivity contribution in [3.63, 3.8) is 0 Å². The highest BCUT2D eigenvalue weighted by molar-refractivity contribution is 6.77. The molecule has 0 aromatic heterocycles. The van der Waals surface area contributed by atoms with Crippen molar-refractivity contribution in [2.24, 2.45) is 11.8 Å². The van der Waals surface area contributed by atoms with Gasteiger partial charge >= 0.3 is 0 Å². The molecule has 0 spiro atoms. The largest absolute Gasteiger partial charge is 0.353 e. The molecule has 3 aliphatic carbocycles. The van der Waals surface area contributed by atoms with Gasteiger partial charge in [0, 0.05) is 40.1 Å². The SMILES string of the molecule is C[Si](C)(C)C1CCC(NC(=O)C2CCC(C(=O)NC3CCC([Si](C)(C)C)CC3)CC2)CC1. The zero-order valence-corrected chi connectivity index (χ0v) is 23.8. The third kappa shape index (κ3) is 7.18. The first-order chi connectivity index (χ1) is 14.9. The topological polar surface area (TPSA) is 58.2 Å². The second-order valence-corrected chi connectivity index (χ2v) is 24.5. The molecule has 3 fully saturated rings. The fourth-order valence-electron chi connectivity index (χ4n) is 6.46. The van der Waals surface area contributed by atoms with E-state index in [0.717, 1.165) is 62.4 Å². The molecule has 3 saturated carbocycles. The van der Waals surface area contributed by atoms with Crippen molar-refractivity contribution in [2.45, 2.75) is 139 Å². The molecule has 0 heterocycles. The van der Waals surface area contributed by atoms with Crippen LogP contribution in [0.3, 0.4) is 0 Å². The van der Waals surface area contributed by atoms with Gasteiger partial charge in [0.2, 0.25) is 11.8 Å². The molecule has 184 valence electrons. The second kappa shape index (κ2) is 10.8. The molecule has 3 rings (SSSR count). The number of nitrogens with one attached hydrogen (secondary N) is 2. The van der Waals surface area contributed by atoms with Crippen LogP contribution >= 0.6 is 0 Å². The summed E-state index contributed by atoms with van der Waals surface area (Å²) in [5, 5.41) is 6.73. The second-order valence-electron chi connectivity index (χ2n) is 13.4. The number of hydrogen-bond donors (Lipinski definition) is 2. The molecule has 4 nitrogen and oxygen atoms in total. The van der Waals surface area contributed by atoms with Gasteiger partial charge in [0.25, 0.3) is 0 Å². The lowest BCUT2D eigenvalue weighted by Gasteiger charge is -2.37. The van der Waals surface area contributed by atoms with Crippen LogP contribution in [0, 0.1) is 11.8 Å². The quantitative estimate of drug-likeness (QED) is 0.438. The Balaban J connectivity index is 1.35. The summed E-state index contributed by atoms with van der Waals surface area (Å²) in [6.07, 6.45) is 13.2. The summed E-state index contributed by atoms with van der Waals surface area (Å²) in [5.74, 6) is 0.733. The van der Waals surface area contributed by atoms with Crippen molar-refractivity contribution in [1.82, 2.24) is 10.6 Å². The predicted octanol–water partition coefficient (Wildman–Crippen LogP) is 6.33. The van der Waals surface area contributed by atoms with E-state index in [-0.39, 0.29) is 23.7 Å². The van der Waals surface area contributed by atoms with Gasteiger partial charge in [-0.05, 0) is 62.4 Å². The van der Waals surface area contributed by atoms with E-state index in [0.29, 0.717) is 12.1 Å². The van der Waals surface area contributed by atoms with Crippen molar-refractivity contribution in [3.05, 3.63) is 0 Å². The molecular weight excluding hydrogens is 428 g/mol. The van der Waals surface area contributed by atoms with Crippen LogP contribution in [0.1, 0.15) is 77.0 Å². The van der Waals surface area contributed by atoms with Gasteiger partial charge in [0.1, 0.15) is 0 Å². The predicted molar refractivity (Wildman–Crippen MR) is 140 cm³/mol. The zero-order chi connectivity index (χ0) is 23.5. The minimum absolute atomic E-state index is 0.112. The Labute approximate surface area is 199 Å². The minimum atomic E-state index is -1.05. The smallest absolute Gasteiger partial charge is 0.223 e. The van der Waals surface area contributed by atoms with Crippen LogP contribution in [-0.2, 0) is 9.59 Å². The standard InChI is InChI=1S/C26H50N2O2Si2/c1-31(2,3)23-15-11-21(12-16-23)27-25(29)19-7-9-20(10-8-19)26(30)28-22-13-17-24(18-14-22)32(4,5)6/h19-24H,7-18H2,1-6H3,(H,27,29)(H,28,30). The first kappa shape index (κ1) is 26.0. The molecule has 2 N–H and O–H groups in total. The Kier molecular flexibility index (Phi) is 8.73. The number of carbonyl (C=O) groups excluding carboxylic acids is 2. The molecule has 6 heteroatoms. The Hall–Kier alpha value is -0.626. The molecule has 0 atom stereocenters. The van der Waals surface area contributed by atoms with Gasteiger partial charge in [-0.2, -0.15) is 0 Å². The summed E-state index contributed by atoms with van der Waals surface area (Å²) in [7, 11) is -2.11. The van der Waals surface area contributed by atoms with Gasteiger partial charge in [0.05, 0.1) is 0 Å². The van der Waals surface area contributed by atoms with Crippen LogP contribution in [0.15, 0.2) is 0 Å². The molecule has 3 aliphatic rings. The van der Waals surface area contributed by atoms with E-state index in [1.54, 1.807) is 0 Å². The molecule has 0 bridgehead atoms. The van der Waals surface area contributed by atoms with Crippen molar-refractivity contribution < 1.29 is 9.59 Å². The highest BCUT2D eigenvalue weighted by Crippen LogP contribution is 2.38. The molecule has 2 amide bonds. The highest BCUT2D eigenvalue weighted by atomic mass is 28.3. The van der Waals surface area contributed by atoms with E-state index < -0.39 is 16.1 Å². The molecule has 0 unspecified atom stereocenters. The third-order valence-electron chi connectivity index (χ3n) is 9.07. The van der Waals surface area contributed by atoms with Gasteiger partial charge in [-0.3, -0.25) is 9.59 Å². The van der Waals surface area contributed by atoms with Crippen LogP contribution in [0.4, 0.5) is 0 Å². The maximum absolute atomic E-state index is 12.9. The van der Waals surface area contributed by atoms with Crippen LogP contribution in [0.5, 0.6) is 0 Å². The lowest BCUT2D eigenvalue weighted by atomic mass is 9.80. The highest BCUT2D eigenvalue weighted by Gasteiger charge is 2.35. The van der Waals surface area contributed by atoms with E-state index in [1.165, 1.54) is 25.7 Å². The van der Waals surface area contributed by atoms with E-state index in [2.05, 4.69) is 49.9 Å². The average molecular weight is 479 g/mol. The van der Waals surface area contributed by atoms with Gasteiger partial charge in [-0.1, -0.05) is 65.0 Å². The van der Waals surface area contributed by atoms with Crippen molar-refractivity contribution in [3.8, 4) is 0 Å². The zero-order valence-electron chi connectivity index (χ0n) is 21.8. The Morgan fingerprint density at radius 2 is 0.781 bits per heavy atom. The summed E-state index contributed by atoms with van der Waals surface area (Å²) in [6.45, 7) is 14.9. The Morgan fingerprint density at radius 1 is 0.500 bits per heavy atom. The van der Waals surface area contributed by atoms with E-state index in [1.807, 2.05) is 0 Å². The summed E-state index contributed by atoms with van der Waals surface area (Å²) < 4.78 is 0. The summed E-state index contributed by atoms with van der Waals surface area (Å²) in [6, 6.07) is 0.754. The van der Waals surface area contributed by atoms with Gasteiger partial charge in [-0.25, -0.2) is 0 Å². The maximum atomic E-state index is 12.9. The fraction of sp³-hybridized carbons (Fsp3) is 0.923. The number of amides is 2. The van der Waals surface area contributed by atoms with Crippen LogP contribution in [0.2, 0.25) is 50.4 Å². The Morgan fingerprint density at radius 3 is 1.03 bits per heavy atom. The lowest BCUT2D eigenvalue weighted by Crippen LogP contribution is -2.45. The molecule has 32 heavy (non-hydrogen) atoms. The number of carbonyl (C=O) groups is 2. The summed E-state index contributed by atoms with van der Waals surface area (Å²) in [5.41, 5.74) is 1.82. The first-order valence-corrected chi connectivity index (χ1v) is 20.7. The number of rotatable bonds is 6. The molecule has 0 radical (unpaired) electrons. The normalized spacial score (nSPS) is 34.6. The van der Waals surface area contributed by atoms with Crippen molar-refractivity contribution >= 4 is 28.0 Å². The van der Waals surface area contributed by atoms with Crippen LogP contribution in [-0.4, -0.2) is 40.0 Å². The summed E-state index contributed by atoms with van der Waals surface area (Å²) in [4.78, 5) is 25.7. The van der Waals surface area contributed by atoms with Gasteiger partial charge in [-0.15, -0.1) is 0 Å². The van der Waals surface area contributed by atoms with E-state index in [4.69, 9.17) is 0 Å². The van der Waals surface area contributed by atoms with E-state index in [9.17, 15) is 9.59 Å². The van der Waals surface area contributed by atoms with Gasteiger partial charge in [0.15, 0.2) is 0 Å². The molecule has 0 saturated heterocycles. The molecule has 0 aromatic rings. The summed E-state index contributed by atoms with van der Waals surface area (Å²) >= 11 is 0. The van der Waals surface area contributed by atoms with Crippen molar-refractivity contribution in [1.29, 1.82) is 0 Å². The van der Waals surface area contributed by atoms with Crippen molar-refractivity contribution in [2.75, 3.05) is 0 Å². The Bertz CT molecular complexity index is 575. The first-order valence-electron chi connectivity index (χ1n) is 13.5. The fourth-order valence-corrected chi connectivity index (χ4v) is 10.6. The number of hydrogen-bond acceptors (Lipinski definition) is 2. The molecule has 0 aromatic carbocycles. The average Bonchev–Trinajstić information content (AvgIpc) is 2.73. The third-order valence-corrected chi connectivity index (χ3v) is 15.1. The van der Waals surface area contributed by atoms with Gasteiger partial charge < -0.3 is 10.6 Å². The monoisotopic (exact) mass is 478 g/mol. The molecular formula is C26H50N2O2Si2. The minimum Gasteiger partial charge on any atom is -0.353 e. The molecule has 0 aliphatic heterocycles. The lowest BCUT2D eigenvalue weighted by molar-refractivity contribution is -0.131. The van der Waals surface area contributed by atoms with Crippen LogP contribution in [0.25, 0.3) is 0 Å².